The lowest BCUT2D eigenvalue weighted by atomic mass is 10.1. The first kappa shape index (κ1) is 17.7. The Labute approximate surface area is 120 Å². The number of carboxylic acids is 1. The molecule has 1 aromatic rings. The summed E-state index contributed by atoms with van der Waals surface area (Å²) in [4.78, 5) is 12.7. The third-order valence-corrected chi connectivity index (χ3v) is 3.06. The van der Waals surface area contributed by atoms with Gasteiger partial charge in [0, 0.05) is 6.04 Å². The monoisotopic (exact) mass is 287 g/mol. The molecular weight excluding hydrogens is 266 g/mol. The molecule has 0 bridgehead atoms. The summed E-state index contributed by atoms with van der Waals surface area (Å²) in [5.41, 5.74) is 1.19. The molecule has 19 heavy (non-hydrogen) atoms. The molecule has 0 fully saturated rings. The normalized spacial score (nSPS) is 11.8. The molecule has 0 aliphatic heterocycles. The standard InChI is InChI=1S/C14H21NO3.ClH/c1-4-15(10-14(16)17)11(2)9-12-5-7-13(18-3)8-6-12;/h5-8,11H,4,9-10H2,1-3H3,(H,16,17);1H. The maximum absolute atomic E-state index is 10.8. The van der Waals surface area contributed by atoms with Crippen LogP contribution in [0.15, 0.2) is 24.3 Å². The summed E-state index contributed by atoms with van der Waals surface area (Å²) in [5, 5.41) is 8.84. The third-order valence-electron chi connectivity index (χ3n) is 3.06. The molecular formula is C14H22ClNO3. The topological polar surface area (TPSA) is 49.8 Å². The average molecular weight is 288 g/mol. The Morgan fingerprint density at radius 1 is 1.37 bits per heavy atom. The molecule has 108 valence electrons. The fourth-order valence-corrected chi connectivity index (χ4v) is 1.98. The summed E-state index contributed by atoms with van der Waals surface area (Å²) in [6.07, 6.45) is 0.838. The van der Waals surface area contributed by atoms with E-state index in [9.17, 15) is 4.79 Å². The third kappa shape index (κ3) is 5.94. The number of methoxy groups -OCH3 is 1. The summed E-state index contributed by atoms with van der Waals surface area (Å²) in [6, 6.07) is 8.10. The van der Waals surface area contributed by atoms with Gasteiger partial charge in [-0.2, -0.15) is 0 Å². The number of benzene rings is 1. The highest BCUT2D eigenvalue weighted by atomic mass is 35.5. The van der Waals surface area contributed by atoms with Crippen molar-refractivity contribution in [2.45, 2.75) is 26.3 Å². The molecule has 0 saturated heterocycles. The Hall–Kier alpha value is -1.26. The summed E-state index contributed by atoms with van der Waals surface area (Å²) in [7, 11) is 1.64. The largest absolute Gasteiger partial charge is 0.497 e. The second-order valence-corrected chi connectivity index (χ2v) is 4.36. The minimum Gasteiger partial charge on any atom is -0.497 e. The van der Waals surface area contributed by atoms with E-state index in [1.54, 1.807) is 7.11 Å². The zero-order valence-electron chi connectivity index (χ0n) is 11.6. The van der Waals surface area contributed by atoms with Gasteiger partial charge in [0.25, 0.3) is 0 Å². The molecule has 0 aliphatic carbocycles. The Morgan fingerprint density at radius 3 is 2.37 bits per heavy atom. The quantitative estimate of drug-likeness (QED) is 0.837. The molecule has 0 radical (unpaired) electrons. The van der Waals surface area contributed by atoms with Crippen LogP contribution >= 0.6 is 12.4 Å². The molecule has 1 N–H and O–H groups in total. The maximum Gasteiger partial charge on any atom is 0.317 e. The Balaban J connectivity index is 0.00000324. The van der Waals surface area contributed by atoms with E-state index in [2.05, 4.69) is 6.92 Å². The van der Waals surface area contributed by atoms with E-state index in [0.29, 0.717) is 0 Å². The highest BCUT2D eigenvalue weighted by Gasteiger charge is 2.15. The fraction of sp³-hybridized carbons (Fsp3) is 0.500. The minimum absolute atomic E-state index is 0. The Bertz CT molecular complexity index is 381. The number of aliphatic carboxylic acids is 1. The van der Waals surface area contributed by atoms with E-state index < -0.39 is 5.97 Å². The van der Waals surface area contributed by atoms with Gasteiger partial charge in [0.2, 0.25) is 0 Å². The van der Waals surface area contributed by atoms with Crippen molar-refractivity contribution in [3.63, 3.8) is 0 Å². The van der Waals surface area contributed by atoms with E-state index in [4.69, 9.17) is 9.84 Å². The van der Waals surface area contributed by atoms with Gasteiger partial charge in [-0.1, -0.05) is 19.1 Å². The van der Waals surface area contributed by atoms with Crippen molar-refractivity contribution in [1.82, 2.24) is 4.90 Å². The maximum atomic E-state index is 10.8. The lowest BCUT2D eigenvalue weighted by Gasteiger charge is -2.26. The number of likely N-dealkylation sites (N-methyl/N-ethyl adjacent to an activating group) is 1. The van der Waals surface area contributed by atoms with Crippen LogP contribution in [-0.2, 0) is 11.2 Å². The van der Waals surface area contributed by atoms with Crippen LogP contribution in [0.25, 0.3) is 0 Å². The molecule has 4 nitrogen and oxygen atoms in total. The number of ether oxygens (including phenoxy) is 1. The second kappa shape index (κ2) is 8.77. The Kier molecular flexibility index (Phi) is 8.19. The van der Waals surface area contributed by atoms with Crippen molar-refractivity contribution in [2.75, 3.05) is 20.2 Å². The highest BCUT2D eigenvalue weighted by molar-refractivity contribution is 5.85. The van der Waals surface area contributed by atoms with Crippen molar-refractivity contribution in [2.24, 2.45) is 0 Å². The van der Waals surface area contributed by atoms with Crippen LogP contribution < -0.4 is 4.74 Å². The second-order valence-electron chi connectivity index (χ2n) is 4.36. The number of carboxylic acid groups (broad SMARTS) is 1. The van der Waals surface area contributed by atoms with Crippen molar-refractivity contribution >= 4 is 18.4 Å². The van der Waals surface area contributed by atoms with E-state index in [-0.39, 0.29) is 25.0 Å². The molecule has 1 unspecified atom stereocenters. The fourth-order valence-electron chi connectivity index (χ4n) is 1.98. The van der Waals surface area contributed by atoms with E-state index in [0.717, 1.165) is 18.7 Å². The molecule has 1 rings (SSSR count). The van der Waals surface area contributed by atoms with Crippen LogP contribution in [0.3, 0.4) is 0 Å². The molecule has 1 aromatic carbocycles. The molecule has 0 saturated carbocycles. The van der Waals surface area contributed by atoms with Gasteiger partial charge < -0.3 is 9.84 Å². The van der Waals surface area contributed by atoms with Crippen LogP contribution in [0.5, 0.6) is 5.75 Å². The van der Waals surface area contributed by atoms with Crippen LogP contribution in [0.4, 0.5) is 0 Å². The zero-order chi connectivity index (χ0) is 13.5. The van der Waals surface area contributed by atoms with Gasteiger partial charge >= 0.3 is 5.97 Å². The summed E-state index contributed by atoms with van der Waals surface area (Å²) < 4.78 is 5.11. The molecule has 0 spiro atoms. The summed E-state index contributed by atoms with van der Waals surface area (Å²) in [6.45, 7) is 4.86. The molecule has 0 amide bonds. The van der Waals surface area contributed by atoms with Crippen molar-refractivity contribution in [3.05, 3.63) is 29.8 Å². The molecule has 5 heteroatoms. The van der Waals surface area contributed by atoms with Crippen LogP contribution in [0.1, 0.15) is 19.4 Å². The molecule has 0 heterocycles. The molecule has 1 atom stereocenters. The first-order valence-corrected chi connectivity index (χ1v) is 6.15. The number of halogens is 1. The van der Waals surface area contributed by atoms with Gasteiger partial charge in [0.05, 0.1) is 13.7 Å². The lowest BCUT2D eigenvalue weighted by molar-refractivity contribution is -0.138. The smallest absolute Gasteiger partial charge is 0.317 e. The number of rotatable bonds is 7. The van der Waals surface area contributed by atoms with Crippen molar-refractivity contribution in [1.29, 1.82) is 0 Å². The van der Waals surface area contributed by atoms with Crippen molar-refractivity contribution in [3.8, 4) is 5.75 Å². The van der Waals surface area contributed by atoms with Crippen LogP contribution in [0, 0.1) is 0 Å². The van der Waals surface area contributed by atoms with Gasteiger partial charge in [-0.25, -0.2) is 0 Å². The molecule has 0 aliphatic rings. The van der Waals surface area contributed by atoms with Crippen LogP contribution in [0.2, 0.25) is 0 Å². The van der Waals surface area contributed by atoms with Gasteiger partial charge in [0.1, 0.15) is 5.75 Å². The minimum atomic E-state index is -0.779. The van der Waals surface area contributed by atoms with E-state index in [1.165, 1.54) is 5.56 Å². The first-order chi connectivity index (χ1) is 8.56. The number of hydrogen-bond acceptors (Lipinski definition) is 3. The number of carbonyl (C=O) groups is 1. The zero-order valence-corrected chi connectivity index (χ0v) is 12.4. The van der Waals surface area contributed by atoms with Crippen LogP contribution in [-0.4, -0.2) is 42.2 Å². The number of nitrogens with zero attached hydrogens (tertiary/aromatic N) is 1. The van der Waals surface area contributed by atoms with Crippen molar-refractivity contribution < 1.29 is 14.6 Å². The average Bonchev–Trinajstić information content (AvgIpc) is 2.36. The highest BCUT2D eigenvalue weighted by Crippen LogP contribution is 2.14. The summed E-state index contributed by atoms with van der Waals surface area (Å²) >= 11 is 0. The predicted molar refractivity (Wildman–Crippen MR) is 78.3 cm³/mol. The van der Waals surface area contributed by atoms with Gasteiger partial charge in [-0.15, -0.1) is 12.4 Å². The Morgan fingerprint density at radius 2 is 1.95 bits per heavy atom. The van der Waals surface area contributed by atoms with E-state index >= 15 is 0 Å². The first-order valence-electron chi connectivity index (χ1n) is 6.15. The molecule has 0 aromatic heterocycles. The van der Waals surface area contributed by atoms with Gasteiger partial charge in [-0.3, -0.25) is 9.69 Å². The van der Waals surface area contributed by atoms with Gasteiger partial charge in [0.15, 0.2) is 0 Å². The predicted octanol–water partition coefficient (Wildman–Crippen LogP) is 2.45. The lowest BCUT2D eigenvalue weighted by Crippen LogP contribution is -2.38. The number of hydrogen-bond donors (Lipinski definition) is 1. The van der Waals surface area contributed by atoms with Gasteiger partial charge in [-0.05, 0) is 37.6 Å². The summed E-state index contributed by atoms with van der Waals surface area (Å²) in [5.74, 6) is 0.0581. The SMILES string of the molecule is CCN(CC(=O)O)C(C)Cc1ccc(OC)cc1.Cl. The van der Waals surface area contributed by atoms with E-state index in [1.807, 2.05) is 36.1 Å².